The first kappa shape index (κ1) is 25.5. The summed E-state index contributed by atoms with van der Waals surface area (Å²) in [5, 5.41) is 1.92. The van der Waals surface area contributed by atoms with Crippen molar-refractivity contribution in [1.29, 1.82) is 0 Å². The maximum atomic E-state index is 14.0. The summed E-state index contributed by atoms with van der Waals surface area (Å²) in [6, 6.07) is 57.9. The van der Waals surface area contributed by atoms with Crippen LogP contribution in [0.4, 0.5) is 21.5 Å². The SMILES string of the molecule is Fc1ccc2cc(-c3ccc(-c4ccc(N(c5ccccc5)c5ccccc5)cc4)cc3)c(-c3ccccc3)cc2c1. The molecule has 7 aromatic carbocycles. The molecule has 200 valence electrons. The lowest BCUT2D eigenvalue weighted by molar-refractivity contribution is 0.630. The fourth-order valence-corrected chi connectivity index (χ4v) is 5.61. The number of rotatable bonds is 6. The van der Waals surface area contributed by atoms with Crippen LogP contribution in [0.25, 0.3) is 44.2 Å². The van der Waals surface area contributed by atoms with Crippen LogP contribution in [0.2, 0.25) is 0 Å². The molecular weight excluding hydrogens is 513 g/mol. The molecule has 0 unspecified atom stereocenters. The van der Waals surface area contributed by atoms with Gasteiger partial charge in [-0.1, -0.05) is 109 Å². The zero-order chi connectivity index (χ0) is 28.3. The van der Waals surface area contributed by atoms with E-state index in [1.807, 2.05) is 36.4 Å². The Labute approximate surface area is 245 Å². The van der Waals surface area contributed by atoms with E-state index in [-0.39, 0.29) is 5.82 Å². The highest BCUT2D eigenvalue weighted by Crippen LogP contribution is 2.38. The molecule has 0 atom stereocenters. The van der Waals surface area contributed by atoms with Crippen molar-refractivity contribution in [3.8, 4) is 33.4 Å². The molecule has 0 radical (unpaired) electrons. The van der Waals surface area contributed by atoms with E-state index in [1.54, 1.807) is 6.07 Å². The molecule has 0 amide bonds. The lowest BCUT2D eigenvalue weighted by Crippen LogP contribution is -2.09. The Bertz CT molecular complexity index is 1910. The van der Waals surface area contributed by atoms with Gasteiger partial charge in [0.15, 0.2) is 0 Å². The maximum Gasteiger partial charge on any atom is 0.123 e. The molecule has 0 aliphatic heterocycles. The van der Waals surface area contributed by atoms with Crippen molar-refractivity contribution in [3.05, 3.63) is 176 Å². The number of nitrogens with zero attached hydrogens (tertiary/aromatic N) is 1. The van der Waals surface area contributed by atoms with Gasteiger partial charge in [-0.25, -0.2) is 4.39 Å². The number of halogens is 1. The summed E-state index contributed by atoms with van der Waals surface area (Å²) in [5.41, 5.74) is 10.1. The lowest BCUT2D eigenvalue weighted by atomic mass is 9.90. The summed E-state index contributed by atoms with van der Waals surface area (Å²) in [4.78, 5) is 2.27. The molecule has 0 N–H and O–H groups in total. The van der Waals surface area contributed by atoms with Gasteiger partial charge < -0.3 is 4.90 Å². The van der Waals surface area contributed by atoms with Crippen molar-refractivity contribution < 1.29 is 4.39 Å². The third-order valence-electron chi connectivity index (χ3n) is 7.71. The van der Waals surface area contributed by atoms with Crippen LogP contribution in [0.1, 0.15) is 0 Å². The number of anilines is 3. The highest BCUT2D eigenvalue weighted by molar-refractivity contribution is 5.96. The van der Waals surface area contributed by atoms with Crippen LogP contribution < -0.4 is 4.90 Å². The van der Waals surface area contributed by atoms with E-state index >= 15 is 0 Å². The van der Waals surface area contributed by atoms with E-state index in [0.717, 1.165) is 61.2 Å². The first-order valence-electron chi connectivity index (χ1n) is 14.1. The van der Waals surface area contributed by atoms with E-state index in [0.29, 0.717) is 0 Å². The van der Waals surface area contributed by atoms with Gasteiger partial charge in [-0.05, 0) is 105 Å². The Hall–Kier alpha value is -5.47. The molecule has 7 rings (SSSR count). The molecule has 0 fully saturated rings. The van der Waals surface area contributed by atoms with Crippen molar-refractivity contribution in [2.75, 3.05) is 4.90 Å². The molecule has 7 aromatic rings. The molecule has 0 saturated carbocycles. The summed E-state index contributed by atoms with van der Waals surface area (Å²) >= 11 is 0. The molecule has 0 aliphatic carbocycles. The first-order valence-corrected chi connectivity index (χ1v) is 14.1. The number of fused-ring (bicyclic) bond motifs is 1. The minimum absolute atomic E-state index is 0.222. The lowest BCUT2D eigenvalue weighted by Gasteiger charge is -2.25. The maximum absolute atomic E-state index is 14.0. The summed E-state index contributed by atoms with van der Waals surface area (Å²) in [6.45, 7) is 0. The number of para-hydroxylation sites is 2. The predicted octanol–water partition coefficient (Wildman–Crippen LogP) is 11.4. The minimum Gasteiger partial charge on any atom is -0.311 e. The van der Waals surface area contributed by atoms with Crippen LogP contribution in [-0.2, 0) is 0 Å². The number of hydrogen-bond acceptors (Lipinski definition) is 1. The summed E-state index contributed by atoms with van der Waals surface area (Å²) < 4.78 is 14.0. The second-order valence-electron chi connectivity index (χ2n) is 10.4. The van der Waals surface area contributed by atoms with Crippen LogP contribution >= 0.6 is 0 Å². The quantitative estimate of drug-likeness (QED) is 0.202. The number of hydrogen-bond donors (Lipinski definition) is 0. The van der Waals surface area contributed by atoms with Gasteiger partial charge in [0.05, 0.1) is 0 Å². The molecule has 0 aliphatic rings. The van der Waals surface area contributed by atoms with E-state index in [4.69, 9.17) is 0 Å². The monoisotopic (exact) mass is 541 g/mol. The average molecular weight is 542 g/mol. The third kappa shape index (κ3) is 5.07. The smallest absolute Gasteiger partial charge is 0.123 e. The highest BCUT2D eigenvalue weighted by Gasteiger charge is 2.13. The van der Waals surface area contributed by atoms with Gasteiger partial charge in [-0.2, -0.15) is 0 Å². The van der Waals surface area contributed by atoms with E-state index < -0.39 is 0 Å². The largest absolute Gasteiger partial charge is 0.311 e. The van der Waals surface area contributed by atoms with Gasteiger partial charge in [-0.3, -0.25) is 0 Å². The topological polar surface area (TPSA) is 3.24 Å². The first-order chi connectivity index (χ1) is 20.7. The van der Waals surface area contributed by atoms with Gasteiger partial charge in [0.25, 0.3) is 0 Å². The van der Waals surface area contributed by atoms with Gasteiger partial charge in [0, 0.05) is 17.1 Å². The molecule has 0 saturated heterocycles. The molecule has 2 heteroatoms. The summed E-state index contributed by atoms with van der Waals surface area (Å²) in [6.07, 6.45) is 0. The van der Waals surface area contributed by atoms with Crippen molar-refractivity contribution in [1.82, 2.24) is 0 Å². The number of benzene rings is 7. The van der Waals surface area contributed by atoms with Crippen molar-refractivity contribution in [2.45, 2.75) is 0 Å². The predicted molar refractivity (Wildman–Crippen MR) is 175 cm³/mol. The fraction of sp³-hybridized carbons (Fsp3) is 0. The molecule has 0 heterocycles. The minimum atomic E-state index is -0.222. The van der Waals surface area contributed by atoms with E-state index in [1.165, 1.54) is 6.07 Å². The van der Waals surface area contributed by atoms with Crippen LogP contribution in [0.3, 0.4) is 0 Å². The molecular formula is C40H28FN. The van der Waals surface area contributed by atoms with E-state index in [2.05, 4.69) is 126 Å². The molecule has 0 bridgehead atoms. The molecule has 42 heavy (non-hydrogen) atoms. The summed E-state index contributed by atoms with van der Waals surface area (Å²) in [5.74, 6) is -0.222. The average Bonchev–Trinajstić information content (AvgIpc) is 3.06. The Kier molecular flexibility index (Phi) is 6.79. The zero-order valence-corrected chi connectivity index (χ0v) is 23.0. The molecule has 1 nitrogen and oxygen atoms in total. The Morgan fingerprint density at radius 1 is 0.333 bits per heavy atom. The molecule has 0 spiro atoms. The molecule has 0 aromatic heterocycles. The van der Waals surface area contributed by atoms with Gasteiger partial charge in [-0.15, -0.1) is 0 Å². The third-order valence-corrected chi connectivity index (χ3v) is 7.71. The summed E-state index contributed by atoms with van der Waals surface area (Å²) in [7, 11) is 0. The van der Waals surface area contributed by atoms with Crippen LogP contribution in [0.5, 0.6) is 0 Å². The van der Waals surface area contributed by atoms with Crippen molar-refractivity contribution >= 4 is 27.8 Å². The Morgan fingerprint density at radius 2 is 0.762 bits per heavy atom. The normalized spacial score (nSPS) is 11.0. The van der Waals surface area contributed by atoms with Crippen molar-refractivity contribution in [3.63, 3.8) is 0 Å². The zero-order valence-electron chi connectivity index (χ0n) is 23.0. The van der Waals surface area contributed by atoms with Crippen molar-refractivity contribution in [2.24, 2.45) is 0 Å². The Balaban J connectivity index is 1.24. The van der Waals surface area contributed by atoms with Gasteiger partial charge >= 0.3 is 0 Å². The fourth-order valence-electron chi connectivity index (χ4n) is 5.61. The van der Waals surface area contributed by atoms with Crippen LogP contribution in [0, 0.1) is 5.82 Å². The van der Waals surface area contributed by atoms with E-state index in [9.17, 15) is 4.39 Å². The van der Waals surface area contributed by atoms with Crippen LogP contribution in [-0.4, -0.2) is 0 Å². The van der Waals surface area contributed by atoms with Gasteiger partial charge in [0.2, 0.25) is 0 Å². The highest BCUT2D eigenvalue weighted by atomic mass is 19.1. The van der Waals surface area contributed by atoms with Gasteiger partial charge in [0.1, 0.15) is 5.82 Å². The second kappa shape index (κ2) is 11.2. The van der Waals surface area contributed by atoms with Crippen LogP contribution in [0.15, 0.2) is 170 Å². The standard InChI is InChI=1S/C40H28FN/c41-35-23-20-33-27-39(40(28-34(33)26-35)31-10-4-1-5-11-31)32-18-16-29(17-19-32)30-21-24-38(25-22-30)42(36-12-6-2-7-13-36)37-14-8-3-9-15-37/h1-28H. The Morgan fingerprint density at radius 3 is 1.33 bits per heavy atom. The second-order valence-corrected chi connectivity index (χ2v) is 10.4.